The molecular formula is C26H16IrN3S-. The maximum absolute atomic E-state index is 4.89. The fraction of sp³-hybridized carbons (Fsp3) is 0.0385. The summed E-state index contributed by atoms with van der Waals surface area (Å²) < 4.78 is 4.65. The van der Waals surface area contributed by atoms with Crippen LogP contribution in [0.2, 0.25) is 0 Å². The molecule has 151 valence electrons. The number of benzene rings is 3. The van der Waals surface area contributed by atoms with Crippen molar-refractivity contribution in [1.29, 1.82) is 0 Å². The van der Waals surface area contributed by atoms with Gasteiger partial charge >= 0.3 is 0 Å². The molecule has 3 nitrogen and oxygen atoms in total. The Morgan fingerprint density at radius 1 is 0.839 bits per heavy atom. The van der Waals surface area contributed by atoms with Gasteiger partial charge in [-0.25, -0.2) is 0 Å². The number of rotatable bonds is 1. The Balaban J connectivity index is 0.00000185. The predicted molar refractivity (Wildman–Crippen MR) is 126 cm³/mol. The van der Waals surface area contributed by atoms with Gasteiger partial charge in [-0.05, 0) is 30.5 Å². The fourth-order valence-corrected chi connectivity index (χ4v) is 5.79. The summed E-state index contributed by atoms with van der Waals surface area (Å²) in [7, 11) is 0. The van der Waals surface area contributed by atoms with E-state index < -0.39 is 0 Å². The van der Waals surface area contributed by atoms with E-state index in [1.54, 1.807) is 0 Å². The van der Waals surface area contributed by atoms with Gasteiger partial charge in [-0.15, -0.1) is 41.0 Å². The number of hydrogen-bond donors (Lipinski definition) is 0. The number of hydrogen-bond acceptors (Lipinski definition) is 2. The van der Waals surface area contributed by atoms with Gasteiger partial charge in [0.1, 0.15) is 5.82 Å². The van der Waals surface area contributed by atoms with Crippen molar-refractivity contribution in [3.8, 4) is 5.82 Å². The Hall–Kier alpha value is -2.98. The third kappa shape index (κ3) is 2.45. The van der Waals surface area contributed by atoms with Crippen LogP contribution in [0.5, 0.6) is 0 Å². The molecule has 0 aliphatic heterocycles. The van der Waals surface area contributed by atoms with Crippen LogP contribution in [0.4, 0.5) is 0 Å². The molecule has 0 amide bonds. The number of fused-ring (bicyclic) bond motifs is 9. The molecule has 3 aromatic carbocycles. The minimum Gasteiger partial charge on any atom is -0.311 e. The van der Waals surface area contributed by atoms with E-state index >= 15 is 0 Å². The zero-order valence-electron chi connectivity index (χ0n) is 16.6. The van der Waals surface area contributed by atoms with Gasteiger partial charge in [0.2, 0.25) is 0 Å². The largest absolute Gasteiger partial charge is 0.311 e. The summed E-state index contributed by atoms with van der Waals surface area (Å²) >= 11 is 1.82. The SMILES string of the molecule is Cc1cc2c3ccc[c-]c3c3ncc(-n4c5ccccc5c5ccccc54)n3c2s1.[Ir]. The molecule has 0 spiro atoms. The van der Waals surface area contributed by atoms with E-state index in [4.69, 9.17) is 4.98 Å². The van der Waals surface area contributed by atoms with E-state index in [0.29, 0.717) is 0 Å². The van der Waals surface area contributed by atoms with Crippen LogP contribution in [-0.2, 0) is 20.1 Å². The number of pyridine rings is 1. The number of para-hydroxylation sites is 2. The van der Waals surface area contributed by atoms with Crippen LogP contribution < -0.4 is 0 Å². The Morgan fingerprint density at radius 2 is 1.52 bits per heavy atom. The molecule has 1 radical (unpaired) electrons. The average Bonchev–Trinajstić information content (AvgIpc) is 3.47. The zero-order chi connectivity index (χ0) is 19.8. The van der Waals surface area contributed by atoms with Gasteiger partial charge in [0.15, 0.2) is 0 Å². The summed E-state index contributed by atoms with van der Waals surface area (Å²) in [4.78, 5) is 7.42. The second-order valence-corrected chi connectivity index (χ2v) is 8.91. The molecule has 4 aromatic heterocycles. The van der Waals surface area contributed by atoms with Crippen molar-refractivity contribution in [2.45, 2.75) is 6.92 Å². The maximum atomic E-state index is 4.89. The van der Waals surface area contributed by atoms with E-state index in [2.05, 4.69) is 88.7 Å². The zero-order valence-corrected chi connectivity index (χ0v) is 19.8. The summed E-state index contributed by atoms with van der Waals surface area (Å²) in [6.07, 6.45) is 2.00. The molecule has 7 rings (SSSR count). The van der Waals surface area contributed by atoms with E-state index in [1.807, 2.05) is 23.6 Å². The van der Waals surface area contributed by atoms with Crippen molar-refractivity contribution in [3.05, 3.63) is 89.9 Å². The maximum Gasteiger partial charge on any atom is 0.133 e. The standard InChI is InChI=1S/C26H16N3S.Ir/c1-16-14-21-17-8-2-3-11-20(17)25-27-15-24(29(25)26(21)30-16)28-22-12-6-4-9-18(22)19-10-5-7-13-23(19)28;/h2-10,12-15H,1H3;/q-1;. The second kappa shape index (κ2) is 6.76. The van der Waals surface area contributed by atoms with Crippen molar-refractivity contribution in [2.24, 2.45) is 0 Å². The first-order chi connectivity index (χ1) is 14.8. The normalized spacial score (nSPS) is 11.8. The van der Waals surface area contributed by atoms with Crippen LogP contribution in [-0.4, -0.2) is 14.0 Å². The second-order valence-electron chi connectivity index (χ2n) is 7.68. The van der Waals surface area contributed by atoms with Gasteiger partial charge < -0.3 is 4.40 Å². The minimum atomic E-state index is 0. The fourth-order valence-electron chi connectivity index (χ4n) is 4.75. The Morgan fingerprint density at radius 3 is 2.26 bits per heavy atom. The van der Waals surface area contributed by atoms with Crippen molar-refractivity contribution in [2.75, 3.05) is 0 Å². The monoisotopic (exact) mass is 595 g/mol. The van der Waals surface area contributed by atoms with Crippen LogP contribution in [0.25, 0.3) is 54.3 Å². The molecule has 4 heterocycles. The first-order valence-corrected chi connectivity index (χ1v) is 10.8. The topological polar surface area (TPSA) is 22.2 Å². The molecular weight excluding hydrogens is 579 g/mol. The number of nitrogens with zero attached hydrogens (tertiary/aromatic N) is 3. The molecule has 0 saturated carbocycles. The van der Waals surface area contributed by atoms with Crippen molar-refractivity contribution < 1.29 is 20.1 Å². The first-order valence-electron chi connectivity index (χ1n) is 10.00. The summed E-state index contributed by atoms with van der Waals surface area (Å²) in [5.41, 5.74) is 3.34. The van der Waals surface area contributed by atoms with E-state index in [9.17, 15) is 0 Å². The molecule has 0 N–H and O–H groups in total. The summed E-state index contributed by atoms with van der Waals surface area (Å²) in [6, 6.07) is 29.1. The summed E-state index contributed by atoms with van der Waals surface area (Å²) in [6.45, 7) is 2.17. The number of thiophene rings is 1. The molecule has 0 fully saturated rings. The van der Waals surface area contributed by atoms with Gasteiger partial charge in [-0.3, -0.25) is 9.55 Å². The Kier molecular flexibility index (Phi) is 4.09. The molecule has 0 saturated heterocycles. The van der Waals surface area contributed by atoms with Crippen LogP contribution in [0.1, 0.15) is 4.88 Å². The Bertz CT molecular complexity index is 1720. The van der Waals surface area contributed by atoms with Crippen LogP contribution in [0.15, 0.2) is 79.0 Å². The predicted octanol–water partition coefficient (Wildman–Crippen LogP) is 6.91. The van der Waals surface area contributed by atoms with Gasteiger partial charge in [0.05, 0.1) is 27.7 Å². The molecule has 0 unspecified atom stereocenters. The third-order valence-electron chi connectivity index (χ3n) is 5.96. The van der Waals surface area contributed by atoms with Crippen LogP contribution in [0, 0.1) is 13.0 Å². The molecule has 5 heteroatoms. The summed E-state index contributed by atoms with van der Waals surface area (Å²) in [5, 5.41) is 6.05. The molecule has 0 bridgehead atoms. The molecule has 0 aliphatic rings. The number of aromatic nitrogens is 3. The van der Waals surface area contributed by atoms with Crippen LogP contribution >= 0.6 is 11.3 Å². The quantitative estimate of drug-likeness (QED) is 0.190. The third-order valence-corrected chi connectivity index (χ3v) is 7.00. The van der Waals surface area contributed by atoms with Gasteiger partial charge in [-0.2, -0.15) is 0 Å². The van der Waals surface area contributed by atoms with Gasteiger partial charge in [0.25, 0.3) is 0 Å². The number of imidazole rings is 1. The minimum absolute atomic E-state index is 0. The smallest absolute Gasteiger partial charge is 0.133 e. The molecule has 0 atom stereocenters. The van der Waals surface area contributed by atoms with Gasteiger partial charge in [0, 0.05) is 35.8 Å². The van der Waals surface area contributed by atoms with Crippen molar-refractivity contribution >= 4 is 59.8 Å². The molecule has 31 heavy (non-hydrogen) atoms. The van der Waals surface area contributed by atoms with Crippen LogP contribution in [0.3, 0.4) is 0 Å². The van der Waals surface area contributed by atoms with Gasteiger partial charge in [-0.1, -0.05) is 41.8 Å². The number of aryl methyl sites for hydroxylation is 1. The van der Waals surface area contributed by atoms with E-state index in [-0.39, 0.29) is 20.1 Å². The average molecular weight is 595 g/mol. The van der Waals surface area contributed by atoms with E-state index in [0.717, 1.165) is 16.9 Å². The summed E-state index contributed by atoms with van der Waals surface area (Å²) in [5.74, 6) is 1.06. The molecule has 0 aliphatic carbocycles. The Labute approximate surface area is 195 Å². The van der Waals surface area contributed by atoms with Crippen molar-refractivity contribution in [1.82, 2.24) is 14.0 Å². The molecule has 7 aromatic rings. The first kappa shape index (κ1) is 18.8. The van der Waals surface area contributed by atoms with Crippen molar-refractivity contribution in [3.63, 3.8) is 0 Å². The van der Waals surface area contributed by atoms with E-state index in [1.165, 1.54) is 42.3 Å².